The minimum atomic E-state index is 0.323. The normalized spacial score (nSPS) is 10.3. The van der Waals surface area contributed by atoms with E-state index in [2.05, 4.69) is 19.2 Å². The van der Waals surface area contributed by atoms with Crippen molar-refractivity contribution in [3.8, 4) is 5.75 Å². The Kier molecular flexibility index (Phi) is 2.58. The van der Waals surface area contributed by atoms with E-state index >= 15 is 0 Å². The number of nitrogens with one attached hydrogen (secondary N) is 1. The molecule has 12 heavy (non-hydrogen) atoms. The number of phenols is 1. The molecule has 1 rings (SSSR count). The van der Waals surface area contributed by atoms with Crippen LogP contribution in [-0.2, 0) is 0 Å². The Hall–Kier alpha value is -1.18. The Morgan fingerprint density at radius 3 is 2.42 bits per heavy atom. The van der Waals surface area contributed by atoms with Crippen LogP contribution in [0, 0.1) is 0 Å². The maximum atomic E-state index is 9.48. The van der Waals surface area contributed by atoms with E-state index < -0.39 is 0 Å². The molecule has 0 unspecified atom stereocenters. The van der Waals surface area contributed by atoms with Crippen molar-refractivity contribution in [3.05, 3.63) is 23.8 Å². The molecule has 2 heteroatoms. The van der Waals surface area contributed by atoms with Crippen LogP contribution in [0.15, 0.2) is 18.2 Å². The first-order valence-electron chi connectivity index (χ1n) is 4.16. The summed E-state index contributed by atoms with van der Waals surface area (Å²) in [6, 6.07) is 5.58. The highest BCUT2D eigenvalue weighted by molar-refractivity contribution is 5.61. The molecule has 0 aliphatic heterocycles. The Bertz CT molecular complexity index is 269. The first-order valence-corrected chi connectivity index (χ1v) is 4.16. The zero-order valence-corrected chi connectivity index (χ0v) is 7.76. The zero-order chi connectivity index (χ0) is 9.14. The summed E-state index contributed by atoms with van der Waals surface area (Å²) in [5, 5.41) is 12.5. The maximum Gasteiger partial charge on any atom is 0.138 e. The largest absolute Gasteiger partial charge is 0.506 e. The van der Waals surface area contributed by atoms with E-state index in [-0.39, 0.29) is 0 Å². The number of anilines is 1. The van der Waals surface area contributed by atoms with Crippen molar-refractivity contribution in [2.24, 2.45) is 0 Å². The van der Waals surface area contributed by atoms with Gasteiger partial charge in [-0.15, -0.1) is 0 Å². The summed E-state index contributed by atoms with van der Waals surface area (Å²) < 4.78 is 0. The molecule has 0 saturated heterocycles. The molecule has 0 amide bonds. The molecule has 0 aliphatic rings. The average molecular weight is 165 g/mol. The molecule has 0 radical (unpaired) electrons. The smallest absolute Gasteiger partial charge is 0.138 e. The van der Waals surface area contributed by atoms with Gasteiger partial charge in [-0.1, -0.05) is 26.0 Å². The third-order valence-corrected chi connectivity index (χ3v) is 1.95. The lowest BCUT2D eigenvalue weighted by molar-refractivity contribution is 0.476. The van der Waals surface area contributed by atoms with Gasteiger partial charge >= 0.3 is 0 Å². The maximum absolute atomic E-state index is 9.48. The highest BCUT2D eigenvalue weighted by Crippen LogP contribution is 2.31. The molecule has 0 fully saturated rings. The summed E-state index contributed by atoms with van der Waals surface area (Å²) in [5.41, 5.74) is 1.99. The average Bonchev–Trinajstić information content (AvgIpc) is 2.03. The van der Waals surface area contributed by atoms with Gasteiger partial charge in [0.2, 0.25) is 0 Å². The summed E-state index contributed by atoms with van der Waals surface area (Å²) in [4.78, 5) is 0. The van der Waals surface area contributed by atoms with E-state index in [1.807, 2.05) is 19.2 Å². The quantitative estimate of drug-likeness (QED) is 0.660. The van der Waals surface area contributed by atoms with Crippen molar-refractivity contribution >= 4 is 5.69 Å². The van der Waals surface area contributed by atoms with Crippen molar-refractivity contribution in [3.63, 3.8) is 0 Å². The molecule has 0 aromatic heterocycles. The third kappa shape index (κ3) is 1.52. The second-order valence-electron chi connectivity index (χ2n) is 3.15. The molecular weight excluding hydrogens is 150 g/mol. The minimum absolute atomic E-state index is 0.323. The predicted molar refractivity (Wildman–Crippen MR) is 51.7 cm³/mol. The van der Waals surface area contributed by atoms with E-state index in [9.17, 15) is 5.11 Å². The number of rotatable bonds is 2. The summed E-state index contributed by atoms with van der Waals surface area (Å²) >= 11 is 0. The summed E-state index contributed by atoms with van der Waals surface area (Å²) in [6.07, 6.45) is 0. The van der Waals surface area contributed by atoms with Crippen LogP contribution in [-0.4, -0.2) is 12.2 Å². The highest BCUT2D eigenvalue weighted by atomic mass is 16.3. The Morgan fingerprint density at radius 2 is 2.00 bits per heavy atom. The van der Waals surface area contributed by atoms with Crippen LogP contribution in [0.2, 0.25) is 0 Å². The van der Waals surface area contributed by atoms with Crippen LogP contribution in [0.5, 0.6) is 5.75 Å². The van der Waals surface area contributed by atoms with Gasteiger partial charge < -0.3 is 10.4 Å². The molecule has 0 spiro atoms. The summed E-state index contributed by atoms with van der Waals surface area (Å²) in [6.45, 7) is 4.21. The molecule has 2 nitrogen and oxygen atoms in total. The molecule has 0 heterocycles. The first kappa shape index (κ1) is 8.91. The van der Waals surface area contributed by atoms with Gasteiger partial charge in [-0.05, 0) is 17.5 Å². The standard InChI is InChI=1S/C10H15NO/c1-7(2)8-5-4-6-9(12)10(8)11-3/h4-7,11-12H,1-3H3. The molecule has 0 bridgehead atoms. The summed E-state index contributed by atoms with van der Waals surface area (Å²) in [7, 11) is 1.82. The van der Waals surface area contributed by atoms with E-state index in [4.69, 9.17) is 0 Å². The van der Waals surface area contributed by atoms with Gasteiger partial charge in [-0.3, -0.25) is 0 Å². The molecule has 0 saturated carbocycles. The van der Waals surface area contributed by atoms with Crippen LogP contribution in [0.1, 0.15) is 25.3 Å². The van der Waals surface area contributed by atoms with Gasteiger partial charge in [0.15, 0.2) is 0 Å². The van der Waals surface area contributed by atoms with Gasteiger partial charge in [-0.2, -0.15) is 0 Å². The predicted octanol–water partition coefficient (Wildman–Crippen LogP) is 2.56. The molecule has 0 aliphatic carbocycles. The van der Waals surface area contributed by atoms with Crippen molar-refractivity contribution in [1.29, 1.82) is 0 Å². The van der Waals surface area contributed by atoms with Gasteiger partial charge in [-0.25, -0.2) is 0 Å². The minimum Gasteiger partial charge on any atom is -0.506 e. The lowest BCUT2D eigenvalue weighted by atomic mass is 10.0. The lowest BCUT2D eigenvalue weighted by Crippen LogP contribution is -1.97. The fraction of sp³-hybridized carbons (Fsp3) is 0.400. The SMILES string of the molecule is CNc1c(O)cccc1C(C)C. The number of phenolic OH excluding ortho intramolecular Hbond substituents is 1. The van der Waals surface area contributed by atoms with E-state index in [0.717, 1.165) is 11.3 Å². The monoisotopic (exact) mass is 165 g/mol. The first-order chi connectivity index (χ1) is 5.66. The number of para-hydroxylation sites is 1. The Balaban J connectivity index is 3.18. The molecule has 66 valence electrons. The van der Waals surface area contributed by atoms with Crippen molar-refractivity contribution in [1.82, 2.24) is 0 Å². The molecular formula is C10H15NO. The fourth-order valence-electron chi connectivity index (χ4n) is 1.31. The van der Waals surface area contributed by atoms with Crippen molar-refractivity contribution < 1.29 is 5.11 Å². The van der Waals surface area contributed by atoms with E-state index in [1.165, 1.54) is 0 Å². The second-order valence-corrected chi connectivity index (χ2v) is 3.15. The molecule has 2 N–H and O–H groups in total. The Labute approximate surface area is 73.2 Å². The van der Waals surface area contributed by atoms with Gasteiger partial charge in [0, 0.05) is 7.05 Å². The van der Waals surface area contributed by atoms with Crippen LogP contribution in [0.25, 0.3) is 0 Å². The molecule has 1 aromatic carbocycles. The topological polar surface area (TPSA) is 32.3 Å². The Morgan fingerprint density at radius 1 is 1.33 bits per heavy atom. The third-order valence-electron chi connectivity index (χ3n) is 1.95. The summed E-state index contributed by atoms with van der Waals surface area (Å²) in [5.74, 6) is 0.753. The van der Waals surface area contributed by atoms with Crippen molar-refractivity contribution in [2.75, 3.05) is 12.4 Å². The van der Waals surface area contributed by atoms with Crippen LogP contribution in [0.4, 0.5) is 5.69 Å². The van der Waals surface area contributed by atoms with Crippen LogP contribution >= 0.6 is 0 Å². The van der Waals surface area contributed by atoms with E-state index in [0.29, 0.717) is 11.7 Å². The molecule has 1 aromatic rings. The van der Waals surface area contributed by atoms with Gasteiger partial charge in [0.1, 0.15) is 5.75 Å². The fourth-order valence-corrected chi connectivity index (χ4v) is 1.31. The zero-order valence-electron chi connectivity index (χ0n) is 7.76. The van der Waals surface area contributed by atoms with Crippen LogP contribution < -0.4 is 5.32 Å². The van der Waals surface area contributed by atoms with Gasteiger partial charge in [0.05, 0.1) is 5.69 Å². The second kappa shape index (κ2) is 3.48. The number of hydrogen-bond acceptors (Lipinski definition) is 2. The van der Waals surface area contributed by atoms with Gasteiger partial charge in [0.25, 0.3) is 0 Å². The van der Waals surface area contributed by atoms with E-state index in [1.54, 1.807) is 6.07 Å². The number of aromatic hydroxyl groups is 1. The number of benzene rings is 1. The highest BCUT2D eigenvalue weighted by Gasteiger charge is 2.07. The van der Waals surface area contributed by atoms with Crippen molar-refractivity contribution in [2.45, 2.75) is 19.8 Å². The van der Waals surface area contributed by atoms with Crippen LogP contribution in [0.3, 0.4) is 0 Å². The lowest BCUT2D eigenvalue weighted by Gasteiger charge is -2.13. The number of hydrogen-bond donors (Lipinski definition) is 2. The molecule has 0 atom stereocenters.